The number of hydrogen-bond donors (Lipinski definition) is 0. The number of pyridine rings is 1. The first-order valence-electron chi connectivity index (χ1n) is 13.9. The van der Waals surface area contributed by atoms with Gasteiger partial charge in [0, 0.05) is 25.0 Å². The lowest BCUT2D eigenvalue weighted by Crippen LogP contribution is -3.00. The van der Waals surface area contributed by atoms with E-state index in [9.17, 15) is 0 Å². The zero-order chi connectivity index (χ0) is 22.5. The lowest BCUT2D eigenvalue weighted by molar-refractivity contribution is -0.724. The maximum absolute atomic E-state index is 2.46. The zero-order valence-electron chi connectivity index (χ0n) is 21.4. The Hall–Kier alpha value is -1.34. The third kappa shape index (κ3) is 15.2. The number of nitrogens with zero attached hydrogens (tertiary/aromatic N) is 1. The molecule has 0 N–H and O–H groups in total. The van der Waals surface area contributed by atoms with E-state index in [-0.39, 0.29) is 12.4 Å². The van der Waals surface area contributed by atoms with Crippen molar-refractivity contribution in [1.29, 1.82) is 0 Å². The Kier molecular flexibility index (Phi) is 19.1. The van der Waals surface area contributed by atoms with E-state index < -0.39 is 0 Å². The van der Waals surface area contributed by atoms with E-state index >= 15 is 0 Å². The molecule has 0 bridgehead atoms. The summed E-state index contributed by atoms with van der Waals surface area (Å²) in [4.78, 5) is 0. The number of unbranched alkanes of at least 4 members (excludes halogenated alkanes) is 13. The van der Waals surface area contributed by atoms with Crippen LogP contribution in [0.5, 0.6) is 0 Å². The Labute approximate surface area is 211 Å². The van der Waals surface area contributed by atoms with Crippen LogP contribution >= 0.6 is 0 Å². The third-order valence-corrected chi connectivity index (χ3v) is 6.90. The number of aryl methyl sites for hydroxylation is 1. The van der Waals surface area contributed by atoms with E-state index in [1.165, 1.54) is 121 Å². The van der Waals surface area contributed by atoms with Crippen molar-refractivity contribution in [3.8, 4) is 0 Å². The Balaban J connectivity index is 0.00000544. The molecule has 0 amide bonds. The first kappa shape index (κ1) is 29.7. The van der Waals surface area contributed by atoms with Crippen LogP contribution in [-0.4, -0.2) is 0 Å². The Morgan fingerprint density at radius 1 is 0.545 bits per heavy atom. The standard InChI is InChI=1S/C31H50N.ClH/c1-2-3-4-5-6-7-8-9-10-11-12-13-18-26-31(32-28-21-15-22-29-32)27-20-19-25-30-23-16-14-17-24-30;/h14-17,21-24,28-29,31H,2-13,18-20,25-27H2,1H3;1H/q+1;/p-1. The molecule has 33 heavy (non-hydrogen) atoms. The molecule has 0 aliphatic heterocycles. The van der Waals surface area contributed by atoms with Crippen molar-refractivity contribution in [2.75, 3.05) is 0 Å². The molecule has 2 aromatic rings. The lowest BCUT2D eigenvalue weighted by atomic mass is 9.99. The van der Waals surface area contributed by atoms with Gasteiger partial charge in [0.1, 0.15) is 0 Å². The summed E-state index contributed by atoms with van der Waals surface area (Å²) in [6.07, 6.45) is 29.6. The molecule has 0 radical (unpaired) electrons. The third-order valence-electron chi connectivity index (χ3n) is 6.90. The molecular formula is C31H50ClN. The van der Waals surface area contributed by atoms with E-state index in [0.29, 0.717) is 6.04 Å². The molecule has 1 aromatic heterocycles. The molecule has 0 aliphatic rings. The topological polar surface area (TPSA) is 3.88 Å². The highest BCUT2D eigenvalue weighted by atomic mass is 35.5. The van der Waals surface area contributed by atoms with Crippen molar-refractivity contribution >= 4 is 0 Å². The molecule has 2 rings (SSSR count). The summed E-state index contributed by atoms with van der Waals surface area (Å²) in [5.41, 5.74) is 1.48. The predicted molar refractivity (Wildman–Crippen MR) is 140 cm³/mol. The number of benzene rings is 1. The quantitative estimate of drug-likeness (QED) is 0.155. The number of hydrogen-bond acceptors (Lipinski definition) is 0. The number of halogens is 1. The molecule has 1 nitrogen and oxygen atoms in total. The summed E-state index contributed by atoms with van der Waals surface area (Å²) in [5, 5.41) is 0. The van der Waals surface area contributed by atoms with Crippen LogP contribution in [0.4, 0.5) is 0 Å². The van der Waals surface area contributed by atoms with Gasteiger partial charge in [-0.3, -0.25) is 0 Å². The normalized spacial score (nSPS) is 11.8. The van der Waals surface area contributed by atoms with Crippen molar-refractivity contribution in [3.05, 3.63) is 66.5 Å². The minimum Gasteiger partial charge on any atom is -1.00 e. The molecule has 186 valence electrons. The Bertz CT molecular complexity index is 642. The average molecular weight is 472 g/mol. The molecule has 1 heterocycles. The fourth-order valence-electron chi connectivity index (χ4n) is 4.85. The number of rotatable bonds is 20. The van der Waals surface area contributed by atoms with Gasteiger partial charge >= 0.3 is 0 Å². The summed E-state index contributed by atoms with van der Waals surface area (Å²) in [7, 11) is 0. The van der Waals surface area contributed by atoms with Crippen LogP contribution in [0, 0.1) is 0 Å². The van der Waals surface area contributed by atoms with Gasteiger partial charge in [-0.25, -0.2) is 4.57 Å². The second-order valence-corrected chi connectivity index (χ2v) is 9.74. The first-order valence-corrected chi connectivity index (χ1v) is 13.9. The van der Waals surface area contributed by atoms with E-state index in [2.05, 4.69) is 72.4 Å². The minimum absolute atomic E-state index is 0. The van der Waals surface area contributed by atoms with Crippen molar-refractivity contribution in [1.82, 2.24) is 0 Å². The van der Waals surface area contributed by atoms with Gasteiger partial charge in [0.15, 0.2) is 18.4 Å². The second kappa shape index (κ2) is 21.2. The van der Waals surface area contributed by atoms with Crippen molar-refractivity contribution < 1.29 is 17.0 Å². The van der Waals surface area contributed by atoms with Gasteiger partial charge in [-0.05, 0) is 31.2 Å². The van der Waals surface area contributed by atoms with E-state index in [4.69, 9.17) is 0 Å². The van der Waals surface area contributed by atoms with Gasteiger partial charge in [0.25, 0.3) is 0 Å². The monoisotopic (exact) mass is 471 g/mol. The van der Waals surface area contributed by atoms with Crippen LogP contribution < -0.4 is 17.0 Å². The van der Waals surface area contributed by atoms with Crippen LogP contribution in [0.25, 0.3) is 0 Å². The summed E-state index contributed by atoms with van der Waals surface area (Å²) in [5.74, 6) is 0. The van der Waals surface area contributed by atoms with Gasteiger partial charge in [0.2, 0.25) is 0 Å². The highest BCUT2D eigenvalue weighted by Gasteiger charge is 2.17. The molecule has 2 heteroatoms. The van der Waals surface area contributed by atoms with Crippen LogP contribution in [0.15, 0.2) is 60.9 Å². The fourth-order valence-corrected chi connectivity index (χ4v) is 4.85. The molecule has 1 unspecified atom stereocenters. The van der Waals surface area contributed by atoms with Gasteiger partial charge < -0.3 is 12.4 Å². The summed E-state index contributed by atoms with van der Waals surface area (Å²) in [6.45, 7) is 2.30. The number of aromatic nitrogens is 1. The first-order chi connectivity index (χ1) is 15.9. The summed E-state index contributed by atoms with van der Waals surface area (Å²) >= 11 is 0. The maximum Gasteiger partial charge on any atom is 0.169 e. The van der Waals surface area contributed by atoms with E-state index in [0.717, 1.165) is 0 Å². The molecule has 0 saturated carbocycles. The van der Waals surface area contributed by atoms with E-state index in [1.54, 1.807) is 0 Å². The maximum atomic E-state index is 2.46. The van der Waals surface area contributed by atoms with Crippen LogP contribution in [0.3, 0.4) is 0 Å². The van der Waals surface area contributed by atoms with Gasteiger partial charge in [0.05, 0.1) is 0 Å². The average Bonchev–Trinajstić information content (AvgIpc) is 2.84. The molecule has 0 aliphatic carbocycles. The largest absolute Gasteiger partial charge is 1.00 e. The Morgan fingerprint density at radius 3 is 1.55 bits per heavy atom. The molecule has 1 aromatic carbocycles. The predicted octanol–water partition coefficient (Wildman–Crippen LogP) is 6.41. The SMILES string of the molecule is CCCCCCCCCCCCCCCC(CCCCc1ccccc1)[n+]1ccccc1.[Cl-]. The smallest absolute Gasteiger partial charge is 0.169 e. The van der Waals surface area contributed by atoms with E-state index in [1.807, 2.05) is 0 Å². The molecule has 0 saturated heterocycles. The van der Waals surface area contributed by atoms with Gasteiger partial charge in [-0.15, -0.1) is 0 Å². The Morgan fingerprint density at radius 2 is 1.00 bits per heavy atom. The van der Waals surface area contributed by atoms with Gasteiger partial charge in [-0.1, -0.05) is 120 Å². The summed E-state index contributed by atoms with van der Waals surface area (Å²) < 4.78 is 2.46. The summed E-state index contributed by atoms with van der Waals surface area (Å²) in [6, 6.07) is 18.1. The molecular weight excluding hydrogens is 422 g/mol. The zero-order valence-corrected chi connectivity index (χ0v) is 22.2. The van der Waals surface area contributed by atoms with Crippen molar-refractivity contribution in [2.45, 2.75) is 129 Å². The van der Waals surface area contributed by atoms with Crippen LogP contribution in [0.2, 0.25) is 0 Å². The fraction of sp³-hybridized carbons (Fsp3) is 0.645. The molecule has 1 atom stereocenters. The van der Waals surface area contributed by atoms with Crippen LogP contribution in [0.1, 0.15) is 128 Å². The highest BCUT2D eigenvalue weighted by molar-refractivity contribution is 5.14. The lowest BCUT2D eigenvalue weighted by Gasteiger charge is -2.13. The molecule has 0 fully saturated rings. The molecule has 0 spiro atoms. The van der Waals surface area contributed by atoms with Crippen LogP contribution in [-0.2, 0) is 6.42 Å². The second-order valence-electron chi connectivity index (χ2n) is 9.74. The minimum atomic E-state index is 0. The van der Waals surface area contributed by atoms with Crippen molar-refractivity contribution in [2.24, 2.45) is 0 Å². The van der Waals surface area contributed by atoms with Gasteiger partial charge in [-0.2, -0.15) is 0 Å². The van der Waals surface area contributed by atoms with Crippen molar-refractivity contribution in [3.63, 3.8) is 0 Å². The highest BCUT2D eigenvalue weighted by Crippen LogP contribution is 2.19.